The maximum atomic E-state index is 11.4. The van der Waals surface area contributed by atoms with Crippen LogP contribution in [0, 0.1) is 0 Å². The fraction of sp³-hybridized carbons (Fsp3) is 0.174. The number of aromatic nitrogens is 3. The number of anilines is 1. The Balaban J connectivity index is 1.71. The van der Waals surface area contributed by atoms with Gasteiger partial charge in [-0.3, -0.25) is 4.79 Å². The van der Waals surface area contributed by atoms with Crippen molar-refractivity contribution < 1.29 is 9.53 Å². The molecule has 0 aliphatic carbocycles. The molecule has 0 bridgehead atoms. The third kappa shape index (κ3) is 3.57. The highest BCUT2D eigenvalue weighted by atomic mass is 16.5. The molecule has 0 radical (unpaired) electrons. The smallest absolute Gasteiger partial charge is 0.248 e. The van der Waals surface area contributed by atoms with Crippen molar-refractivity contribution in [1.29, 1.82) is 0 Å². The van der Waals surface area contributed by atoms with Crippen LogP contribution in [-0.2, 0) is 5.54 Å². The minimum Gasteiger partial charge on any atom is -0.457 e. The Morgan fingerprint density at radius 2 is 1.77 bits per heavy atom. The monoisotopic (exact) mass is 401 g/mol. The number of nitrogens with two attached hydrogens (primary N) is 2. The zero-order chi connectivity index (χ0) is 21.5. The first-order valence-corrected chi connectivity index (χ1v) is 9.54. The van der Waals surface area contributed by atoms with Gasteiger partial charge in [0.2, 0.25) is 5.91 Å². The summed E-state index contributed by atoms with van der Waals surface area (Å²) in [5.41, 5.74) is 14.5. The lowest BCUT2D eigenvalue weighted by molar-refractivity contribution is 0.1000. The first-order valence-electron chi connectivity index (χ1n) is 9.54. The number of fused-ring (bicyclic) bond motifs is 1. The number of carbonyl (C=O) groups excluding carboxylic acids is 1. The molecule has 0 unspecified atom stereocenters. The molecule has 4 aromatic rings. The van der Waals surface area contributed by atoms with E-state index in [0.29, 0.717) is 22.9 Å². The van der Waals surface area contributed by atoms with Crippen LogP contribution in [-0.4, -0.2) is 20.4 Å². The Labute approximate surface area is 174 Å². The van der Waals surface area contributed by atoms with Crippen molar-refractivity contribution in [3.63, 3.8) is 0 Å². The van der Waals surface area contributed by atoms with Crippen LogP contribution in [0.3, 0.4) is 0 Å². The van der Waals surface area contributed by atoms with Gasteiger partial charge in [0.05, 0.1) is 5.39 Å². The van der Waals surface area contributed by atoms with Gasteiger partial charge in [-0.05, 0) is 56.7 Å². The summed E-state index contributed by atoms with van der Waals surface area (Å²) >= 11 is 0. The molecule has 152 valence electrons. The van der Waals surface area contributed by atoms with Crippen molar-refractivity contribution in [2.24, 2.45) is 5.73 Å². The van der Waals surface area contributed by atoms with Crippen LogP contribution < -0.4 is 16.2 Å². The molecule has 4 rings (SSSR count). The number of amides is 1. The predicted molar refractivity (Wildman–Crippen MR) is 117 cm³/mol. The second-order valence-electron chi connectivity index (χ2n) is 8.06. The lowest BCUT2D eigenvalue weighted by Gasteiger charge is -2.21. The van der Waals surface area contributed by atoms with Crippen molar-refractivity contribution in [2.45, 2.75) is 26.3 Å². The molecule has 0 saturated carbocycles. The zero-order valence-corrected chi connectivity index (χ0v) is 17.1. The fourth-order valence-corrected chi connectivity index (χ4v) is 3.37. The SMILES string of the molecule is CC(C)(C)n1cc(-c2ccc(Oc3cccc(C(N)=O)c3)cc2)c2c(N)ncnc21. The van der Waals surface area contributed by atoms with Crippen LogP contribution in [0.25, 0.3) is 22.2 Å². The molecule has 7 nitrogen and oxygen atoms in total. The number of hydrogen-bond donors (Lipinski definition) is 2. The molecule has 2 heterocycles. The highest BCUT2D eigenvalue weighted by Gasteiger charge is 2.22. The van der Waals surface area contributed by atoms with Gasteiger partial charge in [-0.25, -0.2) is 9.97 Å². The van der Waals surface area contributed by atoms with Gasteiger partial charge in [0.15, 0.2) is 0 Å². The van der Waals surface area contributed by atoms with E-state index >= 15 is 0 Å². The molecule has 0 saturated heterocycles. The highest BCUT2D eigenvalue weighted by Crippen LogP contribution is 2.36. The summed E-state index contributed by atoms with van der Waals surface area (Å²) in [6.07, 6.45) is 3.54. The van der Waals surface area contributed by atoms with E-state index in [1.807, 2.05) is 24.3 Å². The Bertz CT molecular complexity index is 1240. The molecule has 7 heteroatoms. The normalized spacial score (nSPS) is 11.6. The molecule has 1 amide bonds. The van der Waals surface area contributed by atoms with Crippen molar-refractivity contribution in [3.8, 4) is 22.6 Å². The van der Waals surface area contributed by atoms with E-state index in [1.54, 1.807) is 24.3 Å². The summed E-state index contributed by atoms with van der Waals surface area (Å²) in [5, 5.41) is 0.829. The topological polar surface area (TPSA) is 109 Å². The molecular formula is C23H23N5O2. The van der Waals surface area contributed by atoms with Crippen molar-refractivity contribution >= 4 is 22.8 Å². The zero-order valence-electron chi connectivity index (χ0n) is 17.1. The first-order chi connectivity index (χ1) is 14.2. The Morgan fingerprint density at radius 1 is 1.03 bits per heavy atom. The van der Waals surface area contributed by atoms with E-state index in [-0.39, 0.29) is 5.54 Å². The fourth-order valence-electron chi connectivity index (χ4n) is 3.37. The molecule has 4 N–H and O–H groups in total. The summed E-state index contributed by atoms with van der Waals surface area (Å²) in [5.74, 6) is 1.14. The lowest BCUT2D eigenvalue weighted by Crippen LogP contribution is -2.21. The van der Waals surface area contributed by atoms with Crippen LogP contribution in [0.2, 0.25) is 0 Å². The number of benzene rings is 2. The Hall–Kier alpha value is -3.87. The Kier molecular flexibility index (Phi) is 4.66. The van der Waals surface area contributed by atoms with E-state index < -0.39 is 5.91 Å². The minimum atomic E-state index is -0.495. The van der Waals surface area contributed by atoms with Gasteiger partial charge < -0.3 is 20.8 Å². The summed E-state index contributed by atoms with van der Waals surface area (Å²) in [6.45, 7) is 6.35. The number of nitrogen functional groups attached to an aromatic ring is 1. The standard InChI is InChI=1S/C23H23N5O2/c1-23(2,3)28-12-18(19-20(24)26-13-27-22(19)28)14-7-9-16(10-8-14)30-17-6-4-5-15(11-17)21(25)29/h4-13H,1-3H3,(H2,25,29)(H2,24,26,27). The minimum absolute atomic E-state index is 0.161. The number of primary amides is 1. The number of hydrogen-bond acceptors (Lipinski definition) is 5. The first kappa shape index (κ1) is 19.4. The van der Waals surface area contributed by atoms with Gasteiger partial charge in [-0.15, -0.1) is 0 Å². The largest absolute Gasteiger partial charge is 0.457 e. The van der Waals surface area contributed by atoms with Gasteiger partial charge in [-0.1, -0.05) is 18.2 Å². The van der Waals surface area contributed by atoms with E-state index in [9.17, 15) is 4.79 Å². The van der Waals surface area contributed by atoms with Crippen molar-refractivity contribution in [1.82, 2.24) is 14.5 Å². The van der Waals surface area contributed by atoms with Crippen LogP contribution >= 0.6 is 0 Å². The number of rotatable bonds is 4. The quantitative estimate of drug-likeness (QED) is 0.529. The van der Waals surface area contributed by atoms with Crippen LogP contribution in [0.1, 0.15) is 31.1 Å². The molecule has 0 aliphatic heterocycles. The van der Waals surface area contributed by atoms with Crippen LogP contribution in [0.15, 0.2) is 61.1 Å². The third-order valence-electron chi connectivity index (χ3n) is 4.85. The summed E-state index contributed by atoms with van der Waals surface area (Å²) in [4.78, 5) is 20.0. The second kappa shape index (κ2) is 7.18. The molecule has 0 spiro atoms. The van der Waals surface area contributed by atoms with Gasteiger partial charge in [0, 0.05) is 22.9 Å². The van der Waals surface area contributed by atoms with E-state index in [2.05, 4.69) is 41.5 Å². The van der Waals surface area contributed by atoms with Crippen LogP contribution in [0.5, 0.6) is 11.5 Å². The van der Waals surface area contributed by atoms with Gasteiger partial charge >= 0.3 is 0 Å². The average molecular weight is 401 g/mol. The summed E-state index contributed by atoms with van der Waals surface area (Å²) < 4.78 is 7.97. The van der Waals surface area contributed by atoms with E-state index in [0.717, 1.165) is 22.2 Å². The Morgan fingerprint density at radius 3 is 2.43 bits per heavy atom. The predicted octanol–water partition coefficient (Wildman–Crippen LogP) is 4.33. The van der Waals surface area contributed by atoms with E-state index in [1.165, 1.54) is 6.33 Å². The molecule has 0 fully saturated rings. The second-order valence-corrected chi connectivity index (χ2v) is 8.06. The van der Waals surface area contributed by atoms with Gasteiger partial charge in [0.1, 0.15) is 29.3 Å². The van der Waals surface area contributed by atoms with Gasteiger partial charge in [0.25, 0.3) is 0 Å². The van der Waals surface area contributed by atoms with Crippen molar-refractivity contribution in [3.05, 3.63) is 66.6 Å². The van der Waals surface area contributed by atoms with Crippen LogP contribution in [0.4, 0.5) is 5.82 Å². The highest BCUT2D eigenvalue weighted by molar-refractivity contribution is 6.00. The van der Waals surface area contributed by atoms with E-state index in [4.69, 9.17) is 16.2 Å². The molecular weight excluding hydrogens is 378 g/mol. The molecule has 2 aromatic heterocycles. The molecule has 2 aromatic carbocycles. The molecule has 0 atom stereocenters. The average Bonchev–Trinajstić information content (AvgIpc) is 3.10. The van der Waals surface area contributed by atoms with Crippen molar-refractivity contribution in [2.75, 3.05) is 5.73 Å². The molecule has 0 aliphatic rings. The summed E-state index contributed by atoms with van der Waals surface area (Å²) in [6, 6.07) is 14.4. The third-order valence-corrected chi connectivity index (χ3v) is 4.85. The number of carbonyl (C=O) groups is 1. The lowest BCUT2D eigenvalue weighted by atomic mass is 10.1. The maximum absolute atomic E-state index is 11.4. The summed E-state index contributed by atoms with van der Waals surface area (Å²) in [7, 11) is 0. The maximum Gasteiger partial charge on any atom is 0.248 e. The molecule has 30 heavy (non-hydrogen) atoms. The number of nitrogens with zero attached hydrogens (tertiary/aromatic N) is 3. The van der Waals surface area contributed by atoms with Gasteiger partial charge in [-0.2, -0.15) is 0 Å². The number of ether oxygens (including phenoxy) is 1.